The van der Waals surface area contributed by atoms with Gasteiger partial charge in [0.05, 0.1) is 7.11 Å². The largest absolute Gasteiger partial charge is 0.468 e. The Balaban J connectivity index is 2.45. The van der Waals surface area contributed by atoms with E-state index >= 15 is 0 Å². The Bertz CT molecular complexity index is 499. The standard InChI is InChI=1S/C15H20ClNO2/c1-10-8-15(2,3)17(9-14(18)19-4)13-6-5-11(16)7-12(10)13/h5-7,10H,8-9H2,1-4H3/t10-/m1/s1. The van der Waals surface area contributed by atoms with Crippen molar-refractivity contribution in [3.05, 3.63) is 28.8 Å². The zero-order chi connectivity index (χ0) is 14.2. The summed E-state index contributed by atoms with van der Waals surface area (Å²) in [7, 11) is 1.42. The van der Waals surface area contributed by atoms with E-state index in [1.54, 1.807) is 0 Å². The lowest BCUT2D eigenvalue weighted by atomic mass is 9.80. The lowest BCUT2D eigenvalue weighted by Gasteiger charge is -2.47. The third kappa shape index (κ3) is 2.71. The summed E-state index contributed by atoms with van der Waals surface area (Å²) in [4.78, 5) is 13.8. The van der Waals surface area contributed by atoms with Gasteiger partial charge in [0, 0.05) is 16.2 Å². The number of ether oxygens (including phenoxy) is 1. The molecule has 1 aromatic rings. The summed E-state index contributed by atoms with van der Waals surface area (Å²) in [5.41, 5.74) is 2.21. The van der Waals surface area contributed by atoms with Gasteiger partial charge in [-0.15, -0.1) is 0 Å². The highest BCUT2D eigenvalue weighted by atomic mass is 35.5. The summed E-state index contributed by atoms with van der Waals surface area (Å²) < 4.78 is 4.81. The number of esters is 1. The average Bonchev–Trinajstić information content (AvgIpc) is 2.34. The number of nitrogens with zero attached hydrogens (tertiary/aromatic N) is 1. The van der Waals surface area contributed by atoms with Gasteiger partial charge in [0.2, 0.25) is 0 Å². The van der Waals surface area contributed by atoms with Gasteiger partial charge in [-0.2, -0.15) is 0 Å². The number of methoxy groups -OCH3 is 1. The van der Waals surface area contributed by atoms with Gasteiger partial charge in [-0.25, -0.2) is 0 Å². The maximum absolute atomic E-state index is 11.6. The molecule has 1 heterocycles. The predicted octanol–water partition coefficient (Wildman–Crippen LogP) is 3.61. The van der Waals surface area contributed by atoms with E-state index in [1.165, 1.54) is 12.7 Å². The summed E-state index contributed by atoms with van der Waals surface area (Å²) in [6, 6.07) is 5.87. The van der Waals surface area contributed by atoms with Crippen LogP contribution in [-0.2, 0) is 9.53 Å². The van der Waals surface area contributed by atoms with Crippen molar-refractivity contribution in [2.45, 2.75) is 38.6 Å². The van der Waals surface area contributed by atoms with Gasteiger partial charge < -0.3 is 9.64 Å². The summed E-state index contributed by atoms with van der Waals surface area (Å²) in [6.45, 7) is 6.78. The molecule has 19 heavy (non-hydrogen) atoms. The van der Waals surface area contributed by atoms with E-state index in [-0.39, 0.29) is 18.1 Å². The van der Waals surface area contributed by atoms with Gasteiger partial charge in [0.25, 0.3) is 0 Å². The third-order valence-corrected chi connectivity index (χ3v) is 4.10. The van der Waals surface area contributed by atoms with Gasteiger partial charge in [0.1, 0.15) is 6.54 Å². The number of carbonyl (C=O) groups excluding carboxylic acids is 1. The lowest BCUT2D eigenvalue weighted by molar-refractivity contribution is -0.139. The van der Waals surface area contributed by atoms with Crippen LogP contribution in [0, 0.1) is 0 Å². The SMILES string of the molecule is COC(=O)CN1c2ccc(Cl)cc2[C@H](C)CC1(C)C. The predicted molar refractivity (Wildman–Crippen MR) is 77.9 cm³/mol. The van der Waals surface area contributed by atoms with E-state index in [9.17, 15) is 4.79 Å². The average molecular weight is 282 g/mol. The molecule has 1 aliphatic heterocycles. The number of fused-ring (bicyclic) bond motifs is 1. The molecular formula is C15H20ClNO2. The number of anilines is 1. The second-order valence-electron chi connectivity index (χ2n) is 5.78. The Kier molecular flexibility index (Phi) is 3.77. The molecule has 0 unspecified atom stereocenters. The molecule has 0 bridgehead atoms. The van der Waals surface area contributed by atoms with Crippen LogP contribution in [-0.4, -0.2) is 25.2 Å². The van der Waals surface area contributed by atoms with Gasteiger partial charge in [-0.1, -0.05) is 18.5 Å². The number of hydrogen-bond donors (Lipinski definition) is 0. The first-order valence-electron chi connectivity index (χ1n) is 6.49. The summed E-state index contributed by atoms with van der Waals surface area (Å²) >= 11 is 6.08. The van der Waals surface area contributed by atoms with E-state index in [4.69, 9.17) is 16.3 Å². The third-order valence-electron chi connectivity index (χ3n) is 3.86. The minimum Gasteiger partial charge on any atom is -0.468 e. The fraction of sp³-hybridized carbons (Fsp3) is 0.533. The van der Waals surface area contributed by atoms with Gasteiger partial charge in [-0.05, 0) is 49.9 Å². The van der Waals surface area contributed by atoms with Crippen molar-refractivity contribution in [2.75, 3.05) is 18.6 Å². The van der Waals surface area contributed by atoms with Gasteiger partial charge in [-0.3, -0.25) is 4.79 Å². The number of rotatable bonds is 2. The van der Waals surface area contributed by atoms with Crippen molar-refractivity contribution in [1.29, 1.82) is 0 Å². The van der Waals surface area contributed by atoms with E-state index in [1.807, 2.05) is 18.2 Å². The molecule has 0 fully saturated rings. The molecule has 0 spiro atoms. The molecule has 1 aromatic carbocycles. The minimum absolute atomic E-state index is 0.0750. The van der Waals surface area contributed by atoms with Crippen molar-refractivity contribution in [3.8, 4) is 0 Å². The smallest absolute Gasteiger partial charge is 0.325 e. The minimum atomic E-state index is -0.219. The maximum atomic E-state index is 11.6. The first-order valence-corrected chi connectivity index (χ1v) is 6.87. The van der Waals surface area contributed by atoms with Crippen molar-refractivity contribution in [1.82, 2.24) is 0 Å². The van der Waals surface area contributed by atoms with Crippen LogP contribution in [0.3, 0.4) is 0 Å². The fourth-order valence-electron chi connectivity index (χ4n) is 2.95. The van der Waals surface area contributed by atoms with Crippen LogP contribution >= 0.6 is 11.6 Å². The van der Waals surface area contributed by atoms with Gasteiger partial charge in [0.15, 0.2) is 0 Å². The highest BCUT2D eigenvalue weighted by Gasteiger charge is 2.37. The Morgan fingerprint density at radius 3 is 2.84 bits per heavy atom. The van der Waals surface area contributed by atoms with Crippen LogP contribution in [0.5, 0.6) is 0 Å². The van der Waals surface area contributed by atoms with Crippen molar-refractivity contribution in [2.24, 2.45) is 0 Å². The summed E-state index contributed by atoms with van der Waals surface area (Å²) in [6.07, 6.45) is 0.983. The van der Waals surface area contributed by atoms with E-state index in [0.717, 1.165) is 17.1 Å². The number of carbonyl (C=O) groups is 1. The van der Waals surface area contributed by atoms with Crippen LogP contribution < -0.4 is 4.90 Å². The van der Waals surface area contributed by atoms with Crippen LogP contribution in [0.4, 0.5) is 5.69 Å². The normalized spacial score (nSPS) is 20.9. The monoisotopic (exact) mass is 281 g/mol. The molecule has 4 heteroatoms. The Labute approximate surface area is 119 Å². The molecule has 0 radical (unpaired) electrons. The molecule has 0 saturated carbocycles. The molecule has 104 valence electrons. The zero-order valence-corrected chi connectivity index (χ0v) is 12.6. The van der Waals surface area contributed by atoms with Crippen LogP contribution in [0.1, 0.15) is 38.7 Å². The topological polar surface area (TPSA) is 29.5 Å². The molecule has 0 N–H and O–H groups in total. The van der Waals surface area contributed by atoms with Crippen LogP contribution in [0.25, 0.3) is 0 Å². The van der Waals surface area contributed by atoms with Crippen LogP contribution in [0.2, 0.25) is 5.02 Å². The van der Waals surface area contributed by atoms with E-state index < -0.39 is 0 Å². The molecule has 0 aliphatic carbocycles. The fourth-order valence-corrected chi connectivity index (χ4v) is 3.13. The molecule has 1 aliphatic rings. The zero-order valence-electron chi connectivity index (χ0n) is 11.9. The molecule has 2 rings (SSSR count). The van der Waals surface area contributed by atoms with Crippen LogP contribution in [0.15, 0.2) is 18.2 Å². The summed E-state index contributed by atoms with van der Waals surface area (Å²) in [5, 5.41) is 0.739. The molecular weight excluding hydrogens is 262 g/mol. The number of halogens is 1. The highest BCUT2D eigenvalue weighted by molar-refractivity contribution is 6.30. The Morgan fingerprint density at radius 2 is 2.21 bits per heavy atom. The van der Waals surface area contributed by atoms with E-state index in [0.29, 0.717) is 5.92 Å². The molecule has 3 nitrogen and oxygen atoms in total. The quantitative estimate of drug-likeness (QED) is 0.776. The second-order valence-corrected chi connectivity index (χ2v) is 6.22. The Morgan fingerprint density at radius 1 is 1.53 bits per heavy atom. The van der Waals surface area contributed by atoms with E-state index in [2.05, 4.69) is 25.7 Å². The molecule has 0 amide bonds. The molecule has 0 aromatic heterocycles. The highest BCUT2D eigenvalue weighted by Crippen LogP contribution is 2.43. The van der Waals surface area contributed by atoms with Gasteiger partial charge >= 0.3 is 5.97 Å². The number of hydrogen-bond acceptors (Lipinski definition) is 3. The Hall–Kier alpha value is -1.22. The lowest BCUT2D eigenvalue weighted by Crippen LogP contribution is -2.50. The first-order chi connectivity index (χ1) is 8.85. The summed E-state index contributed by atoms with van der Waals surface area (Å²) in [5.74, 6) is 0.209. The number of benzene rings is 1. The first kappa shape index (κ1) is 14.2. The van der Waals surface area contributed by atoms with Crippen molar-refractivity contribution < 1.29 is 9.53 Å². The second kappa shape index (κ2) is 5.04. The maximum Gasteiger partial charge on any atom is 0.325 e. The van der Waals surface area contributed by atoms with Crippen molar-refractivity contribution in [3.63, 3.8) is 0 Å². The van der Waals surface area contributed by atoms with Crippen molar-refractivity contribution >= 4 is 23.3 Å². The molecule has 0 saturated heterocycles. The molecule has 1 atom stereocenters.